The van der Waals surface area contributed by atoms with Crippen LogP contribution < -0.4 is 10.6 Å². The molecule has 0 spiro atoms. The van der Waals surface area contributed by atoms with Crippen LogP contribution in [0.1, 0.15) is 17.4 Å². The van der Waals surface area contributed by atoms with Gasteiger partial charge in [-0.2, -0.15) is 0 Å². The predicted molar refractivity (Wildman–Crippen MR) is 73.0 cm³/mol. The highest BCUT2D eigenvalue weighted by atomic mass is 16.3. The van der Waals surface area contributed by atoms with Crippen LogP contribution in [0.5, 0.6) is 0 Å². The molecule has 0 atom stereocenters. The summed E-state index contributed by atoms with van der Waals surface area (Å²) in [7, 11) is 0. The Hall–Kier alpha value is -2.63. The lowest BCUT2D eigenvalue weighted by Crippen LogP contribution is -2.33. The number of carbonyl (C=O) groups excluding carboxylic acids is 2. The highest BCUT2D eigenvalue weighted by molar-refractivity contribution is 5.97. The largest absolute Gasteiger partial charge is 0.443 e. The lowest BCUT2D eigenvalue weighted by atomic mass is 10.1. The van der Waals surface area contributed by atoms with Crippen LogP contribution in [0.15, 0.2) is 41.1 Å². The molecule has 2 rings (SSSR count). The van der Waals surface area contributed by atoms with Gasteiger partial charge in [0, 0.05) is 25.6 Å². The van der Waals surface area contributed by atoms with Gasteiger partial charge < -0.3 is 15.1 Å². The van der Waals surface area contributed by atoms with Crippen LogP contribution in [0.4, 0.5) is 0 Å². The normalized spacial score (nSPS) is 10.1. The van der Waals surface area contributed by atoms with Gasteiger partial charge in [0.15, 0.2) is 17.8 Å². The highest BCUT2D eigenvalue weighted by Crippen LogP contribution is 2.22. The molecule has 6 heteroatoms. The Morgan fingerprint density at radius 2 is 1.85 bits per heavy atom. The van der Waals surface area contributed by atoms with E-state index in [4.69, 9.17) is 4.42 Å². The fourth-order valence-electron chi connectivity index (χ4n) is 1.70. The van der Waals surface area contributed by atoms with Crippen LogP contribution in [0.2, 0.25) is 0 Å². The van der Waals surface area contributed by atoms with Gasteiger partial charge in [-0.1, -0.05) is 30.3 Å². The molecule has 0 saturated carbocycles. The van der Waals surface area contributed by atoms with Crippen LogP contribution >= 0.6 is 0 Å². The van der Waals surface area contributed by atoms with Crippen molar-refractivity contribution in [2.75, 3.05) is 13.1 Å². The number of hydrogen-bond acceptors (Lipinski definition) is 4. The molecule has 0 bridgehead atoms. The van der Waals surface area contributed by atoms with E-state index in [9.17, 15) is 9.59 Å². The zero-order chi connectivity index (χ0) is 14.4. The fraction of sp³-hybridized carbons (Fsp3) is 0.214. The van der Waals surface area contributed by atoms with Gasteiger partial charge in [-0.05, 0) is 0 Å². The first-order valence-electron chi connectivity index (χ1n) is 6.20. The summed E-state index contributed by atoms with van der Waals surface area (Å²) in [6.45, 7) is 2.13. The molecule has 20 heavy (non-hydrogen) atoms. The van der Waals surface area contributed by atoms with Crippen LogP contribution in [0.3, 0.4) is 0 Å². The van der Waals surface area contributed by atoms with E-state index >= 15 is 0 Å². The molecule has 0 aliphatic heterocycles. The molecular weight excluding hydrogens is 258 g/mol. The van der Waals surface area contributed by atoms with Crippen molar-refractivity contribution in [3.05, 3.63) is 42.4 Å². The lowest BCUT2D eigenvalue weighted by Gasteiger charge is -2.05. The number of benzene rings is 1. The molecule has 0 aliphatic carbocycles. The minimum absolute atomic E-state index is 0.134. The van der Waals surface area contributed by atoms with Crippen molar-refractivity contribution in [3.8, 4) is 11.3 Å². The summed E-state index contributed by atoms with van der Waals surface area (Å²) in [5.74, 6) is -0.0313. The monoisotopic (exact) mass is 273 g/mol. The third kappa shape index (κ3) is 3.44. The van der Waals surface area contributed by atoms with Gasteiger partial charge in [0.25, 0.3) is 5.91 Å². The average molecular weight is 273 g/mol. The maximum absolute atomic E-state index is 12.0. The topological polar surface area (TPSA) is 84.2 Å². The Morgan fingerprint density at radius 3 is 2.55 bits per heavy atom. The molecule has 0 unspecified atom stereocenters. The molecule has 0 radical (unpaired) electrons. The quantitative estimate of drug-likeness (QED) is 0.802. The Bertz CT molecular complexity index is 593. The molecule has 2 amide bonds. The Kier molecular flexibility index (Phi) is 4.49. The van der Waals surface area contributed by atoms with E-state index in [-0.39, 0.29) is 17.5 Å². The lowest BCUT2D eigenvalue weighted by molar-refractivity contribution is -0.118. The number of aromatic nitrogens is 1. The summed E-state index contributed by atoms with van der Waals surface area (Å²) in [5, 5.41) is 5.27. The van der Waals surface area contributed by atoms with E-state index in [0.29, 0.717) is 18.8 Å². The van der Waals surface area contributed by atoms with Crippen molar-refractivity contribution in [2.24, 2.45) is 0 Å². The summed E-state index contributed by atoms with van der Waals surface area (Å²) in [6.07, 6.45) is 1.24. The second-order valence-corrected chi connectivity index (χ2v) is 4.13. The smallest absolute Gasteiger partial charge is 0.273 e. The third-order valence-corrected chi connectivity index (χ3v) is 2.60. The molecule has 6 nitrogen and oxygen atoms in total. The van der Waals surface area contributed by atoms with E-state index in [1.54, 1.807) is 0 Å². The molecule has 1 heterocycles. The summed E-state index contributed by atoms with van der Waals surface area (Å²) in [5.41, 5.74) is 1.02. The Labute approximate surface area is 116 Å². The fourth-order valence-corrected chi connectivity index (χ4v) is 1.70. The second kappa shape index (κ2) is 6.51. The maximum Gasteiger partial charge on any atom is 0.273 e. The molecular formula is C14H15N3O3. The molecule has 104 valence electrons. The van der Waals surface area contributed by atoms with Crippen molar-refractivity contribution < 1.29 is 14.0 Å². The molecule has 2 aromatic rings. The van der Waals surface area contributed by atoms with Crippen molar-refractivity contribution in [2.45, 2.75) is 6.92 Å². The van der Waals surface area contributed by atoms with Crippen molar-refractivity contribution >= 4 is 11.8 Å². The zero-order valence-corrected chi connectivity index (χ0v) is 11.1. The molecule has 1 aromatic carbocycles. The number of rotatable bonds is 5. The number of oxazole rings is 1. The van der Waals surface area contributed by atoms with Gasteiger partial charge in [0.2, 0.25) is 5.91 Å². The second-order valence-electron chi connectivity index (χ2n) is 4.13. The van der Waals surface area contributed by atoms with E-state index in [0.717, 1.165) is 5.56 Å². The van der Waals surface area contributed by atoms with Crippen LogP contribution in [-0.2, 0) is 4.79 Å². The van der Waals surface area contributed by atoms with Gasteiger partial charge in [-0.25, -0.2) is 4.98 Å². The van der Waals surface area contributed by atoms with Crippen molar-refractivity contribution in [1.82, 2.24) is 15.6 Å². The molecule has 0 saturated heterocycles. The summed E-state index contributed by atoms with van der Waals surface area (Å²) < 4.78 is 5.27. The summed E-state index contributed by atoms with van der Waals surface area (Å²) in [4.78, 5) is 26.6. The number of carbonyl (C=O) groups is 2. The van der Waals surface area contributed by atoms with E-state index in [1.807, 2.05) is 30.3 Å². The van der Waals surface area contributed by atoms with Gasteiger partial charge in [-0.3, -0.25) is 9.59 Å². The van der Waals surface area contributed by atoms with Gasteiger partial charge >= 0.3 is 0 Å². The van der Waals surface area contributed by atoms with Crippen molar-refractivity contribution in [1.29, 1.82) is 0 Å². The SMILES string of the molecule is CC(=O)NCCNC(=O)c1ncoc1-c1ccccc1. The van der Waals surface area contributed by atoms with Crippen LogP contribution in [-0.4, -0.2) is 29.9 Å². The van der Waals surface area contributed by atoms with E-state index in [2.05, 4.69) is 15.6 Å². The number of amides is 2. The number of nitrogens with zero attached hydrogens (tertiary/aromatic N) is 1. The zero-order valence-electron chi connectivity index (χ0n) is 11.1. The number of hydrogen-bond donors (Lipinski definition) is 2. The standard InChI is InChI=1S/C14H15N3O3/c1-10(18)15-7-8-16-14(19)12-13(20-9-17-12)11-5-3-2-4-6-11/h2-6,9H,7-8H2,1H3,(H,15,18)(H,16,19). The minimum atomic E-state index is -0.331. The molecule has 0 fully saturated rings. The maximum atomic E-state index is 12.0. The molecule has 2 N–H and O–H groups in total. The third-order valence-electron chi connectivity index (χ3n) is 2.60. The average Bonchev–Trinajstić information content (AvgIpc) is 2.93. The first kappa shape index (κ1) is 13.8. The molecule has 0 aliphatic rings. The van der Waals surface area contributed by atoms with Crippen molar-refractivity contribution in [3.63, 3.8) is 0 Å². The van der Waals surface area contributed by atoms with Crippen LogP contribution in [0.25, 0.3) is 11.3 Å². The first-order chi connectivity index (χ1) is 9.68. The summed E-state index contributed by atoms with van der Waals surface area (Å²) in [6, 6.07) is 9.28. The van der Waals surface area contributed by atoms with Crippen LogP contribution in [0, 0.1) is 0 Å². The Balaban J connectivity index is 2.01. The summed E-state index contributed by atoms with van der Waals surface area (Å²) >= 11 is 0. The van der Waals surface area contributed by atoms with Gasteiger partial charge in [0.05, 0.1) is 0 Å². The molecule has 1 aromatic heterocycles. The van der Waals surface area contributed by atoms with E-state index in [1.165, 1.54) is 13.3 Å². The number of nitrogens with one attached hydrogen (secondary N) is 2. The Morgan fingerprint density at radius 1 is 1.15 bits per heavy atom. The predicted octanol–water partition coefficient (Wildman–Crippen LogP) is 1.21. The van der Waals surface area contributed by atoms with Gasteiger partial charge in [0.1, 0.15) is 0 Å². The van der Waals surface area contributed by atoms with E-state index < -0.39 is 0 Å². The highest BCUT2D eigenvalue weighted by Gasteiger charge is 2.17. The first-order valence-corrected chi connectivity index (χ1v) is 6.20. The van der Waals surface area contributed by atoms with Gasteiger partial charge in [-0.15, -0.1) is 0 Å². The minimum Gasteiger partial charge on any atom is -0.443 e.